The lowest BCUT2D eigenvalue weighted by Gasteiger charge is -2.13. The van der Waals surface area contributed by atoms with E-state index in [0.717, 1.165) is 24.6 Å². The Labute approximate surface area is 103 Å². The number of hydrogen-bond donors (Lipinski definition) is 1. The first-order valence-electron chi connectivity index (χ1n) is 6.63. The fourth-order valence-electron chi connectivity index (χ4n) is 2.19. The Bertz CT molecular complexity index is 371. The first-order chi connectivity index (χ1) is 8.15. The number of halogens is 1. The Morgan fingerprint density at radius 1 is 1.41 bits per heavy atom. The molecule has 0 spiro atoms. The highest BCUT2D eigenvalue weighted by Gasteiger charge is 2.20. The molecule has 0 bridgehead atoms. The third kappa shape index (κ3) is 4.12. The second kappa shape index (κ2) is 5.63. The van der Waals surface area contributed by atoms with Crippen LogP contribution in [0.15, 0.2) is 18.2 Å². The number of benzene rings is 1. The molecular weight excluding hydrogens is 213 g/mol. The summed E-state index contributed by atoms with van der Waals surface area (Å²) in [4.78, 5) is 0. The Morgan fingerprint density at radius 3 is 2.82 bits per heavy atom. The van der Waals surface area contributed by atoms with E-state index in [1.54, 1.807) is 12.1 Å². The van der Waals surface area contributed by atoms with Gasteiger partial charge in [-0.2, -0.15) is 0 Å². The summed E-state index contributed by atoms with van der Waals surface area (Å²) in [5, 5.41) is 3.54. The molecular formula is C15H22FN. The SMILES string of the molecule is Cc1cc(F)ccc1CC(C)CCNC1CC1. The average molecular weight is 235 g/mol. The van der Waals surface area contributed by atoms with Gasteiger partial charge in [0.2, 0.25) is 0 Å². The molecule has 0 saturated heterocycles. The van der Waals surface area contributed by atoms with E-state index in [2.05, 4.69) is 12.2 Å². The number of hydrogen-bond acceptors (Lipinski definition) is 1. The van der Waals surface area contributed by atoms with Gasteiger partial charge in [-0.3, -0.25) is 0 Å². The predicted molar refractivity (Wildman–Crippen MR) is 69.6 cm³/mol. The van der Waals surface area contributed by atoms with Gasteiger partial charge in [-0.25, -0.2) is 4.39 Å². The minimum atomic E-state index is -0.130. The van der Waals surface area contributed by atoms with Gasteiger partial charge in [0.05, 0.1) is 0 Å². The van der Waals surface area contributed by atoms with Crippen LogP contribution >= 0.6 is 0 Å². The monoisotopic (exact) mass is 235 g/mol. The highest BCUT2D eigenvalue weighted by Crippen LogP contribution is 2.20. The third-order valence-electron chi connectivity index (χ3n) is 3.52. The van der Waals surface area contributed by atoms with Crippen LogP contribution in [0.3, 0.4) is 0 Å². The van der Waals surface area contributed by atoms with Gasteiger partial charge < -0.3 is 5.32 Å². The van der Waals surface area contributed by atoms with Gasteiger partial charge in [0.25, 0.3) is 0 Å². The minimum absolute atomic E-state index is 0.130. The fraction of sp³-hybridized carbons (Fsp3) is 0.600. The zero-order valence-electron chi connectivity index (χ0n) is 10.8. The molecule has 1 nitrogen and oxygen atoms in total. The number of aryl methyl sites for hydroxylation is 1. The molecule has 1 aliphatic carbocycles. The molecule has 2 rings (SSSR count). The molecule has 1 unspecified atom stereocenters. The van der Waals surface area contributed by atoms with Gasteiger partial charge in [-0.05, 0) is 68.3 Å². The van der Waals surface area contributed by atoms with Crippen LogP contribution in [-0.4, -0.2) is 12.6 Å². The molecule has 0 amide bonds. The van der Waals surface area contributed by atoms with Gasteiger partial charge in [-0.1, -0.05) is 13.0 Å². The van der Waals surface area contributed by atoms with Crippen molar-refractivity contribution in [2.24, 2.45) is 5.92 Å². The topological polar surface area (TPSA) is 12.0 Å². The maximum atomic E-state index is 13.0. The minimum Gasteiger partial charge on any atom is -0.314 e. The summed E-state index contributed by atoms with van der Waals surface area (Å²) >= 11 is 0. The summed E-state index contributed by atoms with van der Waals surface area (Å²) in [6.07, 6.45) is 4.96. The predicted octanol–water partition coefficient (Wildman–Crippen LogP) is 3.45. The van der Waals surface area contributed by atoms with Gasteiger partial charge in [-0.15, -0.1) is 0 Å². The van der Waals surface area contributed by atoms with Gasteiger partial charge >= 0.3 is 0 Å². The molecule has 0 heterocycles. The molecule has 0 aliphatic heterocycles. The molecule has 2 heteroatoms. The van der Waals surface area contributed by atoms with E-state index in [1.807, 2.05) is 13.0 Å². The van der Waals surface area contributed by atoms with Gasteiger partial charge in [0, 0.05) is 6.04 Å². The molecule has 1 N–H and O–H groups in total. The van der Waals surface area contributed by atoms with Crippen molar-refractivity contribution in [3.8, 4) is 0 Å². The van der Waals surface area contributed by atoms with E-state index in [9.17, 15) is 4.39 Å². The van der Waals surface area contributed by atoms with E-state index in [4.69, 9.17) is 0 Å². The number of rotatable bonds is 6. The lowest BCUT2D eigenvalue weighted by atomic mass is 9.95. The van der Waals surface area contributed by atoms with Crippen LogP contribution in [0.25, 0.3) is 0 Å². The third-order valence-corrected chi connectivity index (χ3v) is 3.52. The molecule has 17 heavy (non-hydrogen) atoms. The molecule has 1 aromatic rings. The second-order valence-corrected chi connectivity index (χ2v) is 5.40. The fourth-order valence-corrected chi connectivity index (χ4v) is 2.19. The van der Waals surface area contributed by atoms with Crippen LogP contribution in [0.5, 0.6) is 0 Å². The van der Waals surface area contributed by atoms with Crippen LogP contribution in [0.4, 0.5) is 4.39 Å². The van der Waals surface area contributed by atoms with Crippen LogP contribution in [-0.2, 0) is 6.42 Å². The van der Waals surface area contributed by atoms with E-state index in [1.165, 1.54) is 24.8 Å². The van der Waals surface area contributed by atoms with Gasteiger partial charge in [0.15, 0.2) is 0 Å². The van der Waals surface area contributed by atoms with Crippen LogP contribution < -0.4 is 5.32 Å². The van der Waals surface area contributed by atoms with Crippen molar-refractivity contribution in [3.05, 3.63) is 35.1 Å². The van der Waals surface area contributed by atoms with Crippen molar-refractivity contribution in [1.82, 2.24) is 5.32 Å². The summed E-state index contributed by atoms with van der Waals surface area (Å²) in [6.45, 7) is 5.39. The lowest BCUT2D eigenvalue weighted by molar-refractivity contribution is 0.496. The maximum absolute atomic E-state index is 13.0. The molecule has 94 valence electrons. The summed E-state index contributed by atoms with van der Waals surface area (Å²) in [6, 6.07) is 5.92. The number of nitrogens with one attached hydrogen (secondary N) is 1. The molecule has 1 aromatic carbocycles. The molecule has 1 atom stereocenters. The quantitative estimate of drug-likeness (QED) is 0.796. The van der Waals surface area contributed by atoms with Crippen LogP contribution in [0, 0.1) is 18.7 Å². The zero-order chi connectivity index (χ0) is 12.3. The average Bonchev–Trinajstić information content (AvgIpc) is 3.06. The first kappa shape index (κ1) is 12.6. The van der Waals surface area contributed by atoms with Crippen molar-refractivity contribution in [2.75, 3.05) is 6.54 Å². The molecule has 1 aliphatic rings. The van der Waals surface area contributed by atoms with Crippen molar-refractivity contribution < 1.29 is 4.39 Å². The molecule has 1 fully saturated rings. The first-order valence-corrected chi connectivity index (χ1v) is 6.63. The molecule has 1 saturated carbocycles. The van der Waals surface area contributed by atoms with Crippen molar-refractivity contribution in [3.63, 3.8) is 0 Å². The van der Waals surface area contributed by atoms with Crippen molar-refractivity contribution in [1.29, 1.82) is 0 Å². The summed E-state index contributed by atoms with van der Waals surface area (Å²) in [5.41, 5.74) is 2.36. The van der Waals surface area contributed by atoms with E-state index in [0.29, 0.717) is 5.92 Å². The Hall–Kier alpha value is -0.890. The highest BCUT2D eigenvalue weighted by atomic mass is 19.1. The summed E-state index contributed by atoms with van der Waals surface area (Å²) in [5.74, 6) is 0.528. The van der Waals surface area contributed by atoms with Crippen molar-refractivity contribution in [2.45, 2.75) is 45.6 Å². The summed E-state index contributed by atoms with van der Waals surface area (Å²) < 4.78 is 13.0. The zero-order valence-corrected chi connectivity index (χ0v) is 10.8. The normalized spacial score (nSPS) is 17.1. The maximum Gasteiger partial charge on any atom is 0.123 e. The van der Waals surface area contributed by atoms with E-state index in [-0.39, 0.29) is 5.82 Å². The molecule has 0 radical (unpaired) electrons. The molecule has 0 aromatic heterocycles. The summed E-state index contributed by atoms with van der Waals surface area (Å²) in [7, 11) is 0. The lowest BCUT2D eigenvalue weighted by Crippen LogP contribution is -2.20. The highest BCUT2D eigenvalue weighted by molar-refractivity contribution is 5.26. The van der Waals surface area contributed by atoms with Gasteiger partial charge in [0.1, 0.15) is 5.82 Å². The largest absolute Gasteiger partial charge is 0.314 e. The van der Waals surface area contributed by atoms with Crippen LogP contribution in [0.1, 0.15) is 37.3 Å². The smallest absolute Gasteiger partial charge is 0.123 e. The standard InChI is InChI=1S/C15H22FN/c1-11(7-8-17-15-5-6-15)9-13-3-4-14(16)10-12(13)2/h3-4,10-11,15,17H,5-9H2,1-2H3. The Balaban J connectivity index is 1.77. The van der Waals surface area contributed by atoms with Crippen molar-refractivity contribution >= 4 is 0 Å². The van der Waals surface area contributed by atoms with Crippen LogP contribution in [0.2, 0.25) is 0 Å². The van der Waals surface area contributed by atoms with E-state index < -0.39 is 0 Å². The second-order valence-electron chi connectivity index (χ2n) is 5.40. The Morgan fingerprint density at radius 2 is 2.18 bits per heavy atom. The Kier molecular flexibility index (Phi) is 4.16. The van der Waals surface area contributed by atoms with E-state index >= 15 is 0 Å².